The summed E-state index contributed by atoms with van der Waals surface area (Å²) in [5, 5.41) is 21.7. The number of aliphatic hydroxyl groups is 2. The number of anilines is 1. The molecule has 1 saturated heterocycles. The topological polar surface area (TPSA) is 106 Å². The molecule has 1 aliphatic heterocycles. The third-order valence-electron chi connectivity index (χ3n) is 4.37. The van der Waals surface area contributed by atoms with Gasteiger partial charge in [0.15, 0.2) is 17.0 Å². The average molecular weight is 384 g/mol. The van der Waals surface area contributed by atoms with Crippen molar-refractivity contribution in [2.24, 2.45) is 0 Å². The Labute approximate surface area is 151 Å². The molecule has 1 aliphatic rings. The Morgan fingerprint density at radius 3 is 2.76 bits per heavy atom. The van der Waals surface area contributed by atoms with Gasteiger partial charge in [0, 0.05) is 6.20 Å². The van der Waals surface area contributed by atoms with Gasteiger partial charge in [0.1, 0.15) is 17.7 Å². The molecule has 138 valence electrons. The van der Waals surface area contributed by atoms with Gasteiger partial charge in [-0.05, 0) is 38.2 Å². The SMILES string of the molecule is C=P(C)(C)CCC1OC(n2c(SC)nc3c(N)ccnc32)[C@H](O)[C@@H]1O. The number of pyridine rings is 1. The number of rotatable bonds is 5. The maximum Gasteiger partial charge on any atom is 0.172 e. The third kappa shape index (κ3) is 3.59. The standard InChI is InChI=1S/C16H25N4O3PS/c1-24(2,3)8-6-10-12(21)13(22)15(23-10)20-14-11(19-16(20)25-4)9(17)5-7-18-14/h5,7,10,12-13,15,21-22H,1,6,8H2,2-4H3,(H2,17,18)/t10?,12-,13-,15?/m1/s1. The lowest BCUT2D eigenvalue weighted by Crippen LogP contribution is -2.32. The van der Waals surface area contributed by atoms with Gasteiger partial charge in [0.25, 0.3) is 0 Å². The quantitative estimate of drug-likeness (QED) is 0.529. The molecule has 0 aliphatic carbocycles. The number of fused-ring (bicyclic) bond motifs is 1. The summed E-state index contributed by atoms with van der Waals surface area (Å²) in [6, 6.07) is 1.69. The number of aromatic nitrogens is 3. The lowest BCUT2D eigenvalue weighted by atomic mass is 10.1. The Morgan fingerprint density at radius 2 is 2.12 bits per heavy atom. The molecule has 7 nitrogen and oxygen atoms in total. The van der Waals surface area contributed by atoms with Crippen molar-refractivity contribution in [1.29, 1.82) is 0 Å². The molecule has 9 heteroatoms. The highest BCUT2D eigenvalue weighted by Gasteiger charge is 2.45. The second-order valence-electron chi connectivity index (χ2n) is 7.04. The van der Waals surface area contributed by atoms with E-state index in [0.717, 1.165) is 6.16 Å². The summed E-state index contributed by atoms with van der Waals surface area (Å²) >= 11 is 1.42. The molecule has 4 N–H and O–H groups in total. The Morgan fingerprint density at radius 1 is 1.40 bits per heavy atom. The van der Waals surface area contributed by atoms with Gasteiger partial charge in [0.05, 0.1) is 11.8 Å². The molecule has 3 rings (SSSR count). The molecule has 0 saturated carbocycles. The summed E-state index contributed by atoms with van der Waals surface area (Å²) < 4.78 is 7.77. The van der Waals surface area contributed by atoms with E-state index in [-0.39, 0.29) is 0 Å². The minimum Gasteiger partial charge on any atom is -0.397 e. The van der Waals surface area contributed by atoms with E-state index in [4.69, 9.17) is 10.5 Å². The van der Waals surface area contributed by atoms with Gasteiger partial charge in [-0.15, -0.1) is 13.2 Å². The van der Waals surface area contributed by atoms with Crippen molar-refractivity contribution < 1.29 is 14.9 Å². The van der Waals surface area contributed by atoms with Crippen LogP contribution in [0.15, 0.2) is 17.4 Å². The molecule has 0 radical (unpaired) electrons. The van der Waals surface area contributed by atoms with E-state index in [1.165, 1.54) is 11.8 Å². The monoisotopic (exact) mass is 384 g/mol. The first-order valence-corrected chi connectivity index (χ1v) is 12.4. The molecule has 3 heterocycles. The molecule has 0 bridgehead atoms. The Bertz CT molecular complexity index is 821. The Kier molecular flexibility index (Phi) is 5.19. The van der Waals surface area contributed by atoms with E-state index < -0.39 is 31.4 Å². The second-order valence-corrected chi connectivity index (χ2v) is 12.1. The Balaban J connectivity index is 1.95. The van der Waals surface area contributed by atoms with E-state index >= 15 is 0 Å². The molecule has 2 aromatic rings. The molecule has 2 unspecified atom stereocenters. The summed E-state index contributed by atoms with van der Waals surface area (Å²) in [4.78, 5) is 8.86. The van der Waals surface area contributed by atoms with Crippen LogP contribution in [0.1, 0.15) is 12.6 Å². The molecule has 4 atom stereocenters. The van der Waals surface area contributed by atoms with Crippen LogP contribution in [0.2, 0.25) is 0 Å². The Hall–Kier alpha value is -1.05. The zero-order chi connectivity index (χ0) is 18.4. The van der Waals surface area contributed by atoms with E-state index in [2.05, 4.69) is 29.6 Å². The van der Waals surface area contributed by atoms with E-state index in [1.807, 2.05) is 6.26 Å². The van der Waals surface area contributed by atoms with Crippen molar-refractivity contribution >= 4 is 41.8 Å². The van der Waals surface area contributed by atoms with Crippen LogP contribution < -0.4 is 5.73 Å². The van der Waals surface area contributed by atoms with Crippen molar-refractivity contribution in [3.8, 4) is 0 Å². The predicted molar refractivity (Wildman–Crippen MR) is 105 cm³/mol. The maximum atomic E-state index is 10.6. The van der Waals surface area contributed by atoms with Gasteiger partial charge >= 0.3 is 0 Å². The van der Waals surface area contributed by atoms with Crippen molar-refractivity contribution in [3.63, 3.8) is 0 Å². The van der Waals surface area contributed by atoms with Gasteiger partial charge in [-0.1, -0.05) is 11.8 Å². The molecular formula is C16H25N4O3PS. The zero-order valence-electron chi connectivity index (χ0n) is 14.7. The zero-order valence-corrected chi connectivity index (χ0v) is 16.4. The van der Waals surface area contributed by atoms with Crippen LogP contribution in [0.4, 0.5) is 5.69 Å². The fourth-order valence-corrected chi connectivity index (χ4v) is 4.54. The number of nitrogens with two attached hydrogens (primary N) is 1. The first-order chi connectivity index (χ1) is 11.7. The molecule has 0 spiro atoms. The summed E-state index contributed by atoms with van der Waals surface area (Å²) in [7, 11) is 0. The minimum atomic E-state index is -1.23. The second kappa shape index (κ2) is 6.93. The summed E-state index contributed by atoms with van der Waals surface area (Å²) in [6.07, 6.45) is 6.05. The molecule has 0 amide bonds. The molecule has 1 fully saturated rings. The minimum absolute atomic E-state index is 0.436. The fraction of sp³-hybridized carbons (Fsp3) is 0.562. The number of ether oxygens (including phenoxy) is 1. The number of hydrogen-bond acceptors (Lipinski definition) is 7. The van der Waals surface area contributed by atoms with Crippen molar-refractivity contribution in [3.05, 3.63) is 12.3 Å². The molecular weight excluding hydrogens is 359 g/mol. The third-order valence-corrected chi connectivity index (χ3v) is 6.49. The van der Waals surface area contributed by atoms with Crippen molar-refractivity contribution in [2.75, 3.05) is 31.5 Å². The normalized spacial score (nSPS) is 27.2. The highest BCUT2D eigenvalue weighted by atomic mass is 32.2. The summed E-state index contributed by atoms with van der Waals surface area (Å²) in [5.74, 6) is 0. The van der Waals surface area contributed by atoms with Crippen LogP contribution in [0.5, 0.6) is 0 Å². The van der Waals surface area contributed by atoms with Crippen LogP contribution in [-0.2, 0) is 4.74 Å². The highest BCUT2D eigenvalue weighted by molar-refractivity contribution is 7.98. The lowest BCUT2D eigenvalue weighted by Gasteiger charge is -2.19. The van der Waals surface area contributed by atoms with Gasteiger partial charge in [-0.3, -0.25) is 4.57 Å². The lowest BCUT2D eigenvalue weighted by molar-refractivity contribution is -0.0400. The van der Waals surface area contributed by atoms with Crippen molar-refractivity contribution in [2.45, 2.75) is 36.1 Å². The predicted octanol–water partition coefficient (Wildman–Crippen LogP) is 1.45. The number of nitrogens with zero attached hydrogens (tertiary/aromatic N) is 3. The number of nitrogen functional groups attached to an aromatic ring is 1. The van der Waals surface area contributed by atoms with E-state index in [0.29, 0.717) is 28.4 Å². The van der Waals surface area contributed by atoms with E-state index in [1.54, 1.807) is 16.8 Å². The van der Waals surface area contributed by atoms with Gasteiger partial charge in [0.2, 0.25) is 0 Å². The van der Waals surface area contributed by atoms with Crippen LogP contribution >= 0.6 is 18.6 Å². The number of imidazole rings is 1. The highest BCUT2D eigenvalue weighted by Crippen LogP contribution is 2.41. The van der Waals surface area contributed by atoms with Crippen LogP contribution in [-0.4, -0.2) is 75.1 Å². The van der Waals surface area contributed by atoms with Crippen LogP contribution in [0.25, 0.3) is 11.2 Å². The number of aliphatic hydroxyl groups excluding tert-OH is 2. The number of thioether (sulfide) groups is 1. The fourth-order valence-electron chi connectivity index (χ4n) is 3.02. The first-order valence-electron chi connectivity index (χ1n) is 8.08. The molecule has 0 aromatic carbocycles. The van der Waals surface area contributed by atoms with Gasteiger partial charge in [-0.25, -0.2) is 9.97 Å². The number of hydrogen-bond donors (Lipinski definition) is 3. The maximum absolute atomic E-state index is 10.6. The van der Waals surface area contributed by atoms with Crippen molar-refractivity contribution in [1.82, 2.24) is 14.5 Å². The molecule has 2 aromatic heterocycles. The smallest absolute Gasteiger partial charge is 0.172 e. The van der Waals surface area contributed by atoms with Gasteiger partial charge < -0.3 is 20.7 Å². The van der Waals surface area contributed by atoms with Crippen LogP contribution in [0.3, 0.4) is 0 Å². The van der Waals surface area contributed by atoms with Gasteiger partial charge in [-0.2, -0.15) is 0 Å². The first kappa shape index (κ1) is 18.7. The average Bonchev–Trinajstić information content (AvgIpc) is 3.05. The largest absolute Gasteiger partial charge is 0.397 e. The molecule has 25 heavy (non-hydrogen) atoms. The van der Waals surface area contributed by atoms with E-state index in [9.17, 15) is 10.2 Å². The summed E-state index contributed by atoms with van der Waals surface area (Å²) in [6.45, 7) is 3.06. The van der Waals surface area contributed by atoms with Crippen LogP contribution in [0, 0.1) is 0 Å². The summed E-state index contributed by atoms with van der Waals surface area (Å²) in [5.41, 5.74) is 7.64.